The Morgan fingerprint density at radius 2 is 1.83 bits per heavy atom. The van der Waals surface area contributed by atoms with Crippen LogP contribution in [0.1, 0.15) is 15.9 Å². The van der Waals surface area contributed by atoms with Crippen LogP contribution in [0, 0.1) is 0 Å². The first-order valence-electron chi connectivity index (χ1n) is 5.36. The van der Waals surface area contributed by atoms with Gasteiger partial charge >= 0.3 is 0 Å². The summed E-state index contributed by atoms with van der Waals surface area (Å²) in [6, 6.07) is 12.3. The lowest BCUT2D eigenvalue weighted by Gasteiger charge is -2.10. The molecule has 0 amide bonds. The van der Waals surface area contributed by atoms with Crippen molar-refractivity contribution in [1.82, 2.24) is 0 Å². The number of anilines is 1. The maximum Gasteiger partial charge on any atom is 0.198 e. The molecular weight excluding hydrogens is 294 g/mol. The zero-order valence-corrected chi connectivity index (χ0v) is 11.4. The van der Waals surface area contributed by atoms with Gasteiger partial charge in [-0.3, -0.25) is 4.79 Å². The highest BCUT2D eigenvalue weighted by Gasteiger charge is 2.17. The molecule has 92 valence electrons. The van der Waals surface area contributed by atoms with Crippen molar-refractivity contribution in [3.63, 3.8) is 0 Å². The van der Waals surface area contributed by atoms with E-state index >= 15 is 0 Å². The standard InChI is InChI=1S/C14H12BrNO2/c1-18-12-4-2-3-11(16)13(12)14(17)9-5-7-10(15)8-6-9/h2-8H,16H2,1H3. The van der Waals surface area contributed by atoms with Gasteiger partial charge in [0.05, 0.1) is 12.7 Å². The van der Waals surface area contributed by atoms with E-state index in [0.29, 0.717) is 22.6 Å². The van der Waals surface area contributed by atoms with E-state index in [1.54, 1.807) is 30.3 Å². The number of benzene rings is 2. The molecule has 2 rings (SSSR count). The topological polar surface area (TPSA) is 52.3 Å². The van der Waals surface area contributed by atoms with Crippen LogP contribution in [0.4, 0.5) is 5.69 Å². The fraction of sp³-hybridized carbons (Fsp3) is 0.0714. The molecule has 4 heteroatoms. The number of rotatable bonds is 3. The lowest BCUT2D eigenvalue weighted by atomic mass is 10.0. The summed E-state index contributed by atoms with van der Waals surface area (Å²) in [6.45, 7) is 0. The molecule has 0 bridgehead atoms. The van der Waals surface area contributed by atoms with Crippen molar-refractivity contribution in [3.05, 3.63) is 58.1 Å². The fourth-order valence-corrected chi connectivity index (χ4v) is 1.97. The van der Waals surface area contributed by atoms with Gasteiger partial charge in [-0.05, 0) is 36.4 Å². The number of methoxy groups -OCH3 is 1. The van der Waals surface area contributed by atoms with E-state index in [1.165, 1.54) is 7.11 Å². The Hall–Kier alpha value is -1.81. The summed E-state index contributed by atoms with van der Waals surface area (Å²) in [5, 5.41) is 0. The zero-order valence-electron chi connectivity index (χ0n) is 9.81. The molecule has 2 aromatic rings. The molecule has 0 atom stereocenters. The van der Waals surface area contributed by atoms with E-state index < -0.39 is 0 Å². The monoisotopic (exact) mass is 305 g/mol. The van der Waals surface area contributed by atoms with Crippen LogP contribution in [-0.2, 0) is 0 Å². The van der Waals surface area contributed by atoms with Gasteiger partial charge in [-0.25, -0.2) is 0 Å². The number of ketones is 1. The summed E-state index contributed by atoms with van der Waals surface area (Å²) in [5.41, 5.74) is 7.26. The first kappa shape index (κ1) is 12.6. The van der Waals surface area contributed by atoms with Crippen LogP contribution in [0.5, 0.6) is 5.75 Å². The predicted octanol–water partition coefficient (Wildman–Crippen LogP) is 3.27. The molecule has 0 fully saturated rings. The molecule has 3 nitrogen and oxygen atoms in total. The van der Waals surface area contributed by atoms with Gasteiger partial charge in [0, 0.05) is 15.7 Å². The maximum absolute atomic E-state index is 12.4. The van der Waals surface area contributed by atoms with Crippen LogP contribution >= 0.6 is 15.9 Å². The van der Waals surface area contributed by atoms with Gasteiger partial charge in [-0.2, -0.15) is 0 Å². The minimum absolute atomic E-state index is 0.141. The third-order valence-corrected chi connectivity index (χ3v) is 3.14. The lowest BCUT2D eigenvalue weighted by molar-refractivity contribution is 0.103. The van der Waals surface area contributed by atoms with Crippen LogP contribution in [0.3, 0.4) is 0 Å². The van der Waals surface area contributed by atoms with Crippen molar-refractivity contribution in [3.8, 4) is 5.75 Å². The summed E-state index contributed by atoms with van der Waals surface area (Å²) < 4.78 is 6.11. The molecule has 0 saturated heterocycles. The van der Waals surface area contributed by atoms with Gasteiger partial charge in [-0.15, -0.1) is 0 Å². The molecule has 0 aliphatic rings. The van der Waals surface area contributed by atoms with Gasteiger partial charge in [0.2, 0.25) is 0 Å². The first-order chi connectivity index (χ1) is 8.63. The number of halogens is 1. The molecule has 0 heterocycles. The van der Waals surface area contributed by atoms with E-state index in [2.05, 4.69) is 15.9 Å². The number of ether oxygens (including phenoxy) is 1. The fourth-order valence-electron chi connectivity index (χ4n) is 1.71. The first-order valence-corrected chi connectivity index (χ1v) is 6.15. The number of nitrogens with two attached hydrogens (primary N) is 1. The van der Waals surface area contributed by atoms with Crippen LogP contribution < -0.4 is 10.5 Å². The quantitative estimate of drug-likeness (QED) is 0.699. The summed E-state index contributed by atoms with van der Waals surface area (Å²) >= 11 is 3.33. The van der Waals surface area contributed by atoms with E-state index in [4.69, 9.17) is 10.5 Å². The number of carbonyl (C=O) groups excluding carboxylic acids is 1. The van der Waals surface area contributed by atoms with E-state index in [1.807, 2.05) is 12.1 Å². The molecule has 0 radical (unpaired) electrons. The predicted molar refractivity (Wildman–Crippen MR) is 75.0 cm³/mol. The summed E-state index contributed by atoms with van der Waals surface area (Å²) in [7, 11) is 1.52. The molecule has 2 aromatic carbocycles. The maximum atomic E-state index is 12.4. The molecule has 0 spiro atoms. The van der Waals surface area contributed by atoms with E-state index in [9.17, 15) is 4.79 Å². The molecule has 18 heavy (non-hydrogen) atoms. The highest BCUT2D eigenvalue weighted by molar-refractivity contribution is 9.10. The highest BCUT2D eigenvalue weighted by atomic mass is 79.9. The Morgan fingerprint density at radius 1 is 1.17 bits per heavy atom. The largest absolute Gasteiger partial charge is 0.496 e. The van der Waals surface area contributed by atoms with E-state index in [-0.39, 0.29) is 5.78 Å². The molecule has 0 saturated carbocycles. The van der Waals surface area contributed by atoms with Crippen LogP contribution in [-0.4, -0.2) is 12.9 Å². The Labute approximate surface area is 114 Å². The Kier molecular flexibility index (Phi) is 3.67. The Balaban J connectivity index is 2.49. The zero-order chi connectivity index (χ0) is 13.1. The summed E-state index contributed by atoms with van der Waals surface area (Å²) in [4.78, 5) is 12.4. The summed E-state index contributed by atoms with van der Waals surface area (Å²) in [5.74, 6) is 0.348. The molecular formula is C14H12BrNO2. The van der Waals surface area contributed by atoms with Gasteiger partial charge in [0.15, 0.2) is 5.78 Å². The van der Waals surface area contributed by atoms with Gasteiger partial charge < -0.3 is 10.5 Å². The van der Waals surface area contributed by atoms with Gasteiger partial charge in [0.25, 0.3) is 0 Å². The molecule has 0 unspecified atom stereocenters. The molecule has 0 aliphatic heterocycles. The normalized spacial score (nSPS) is 10.1. The van der Waals surface area contributed by atoms with Gasteiger partial charge in [0.1, 0.15) is 5.75 Å². The minimum atomic E-state index is -0.141. The molecule has 2 N–H and O–H groups in total. The Bertz CT molecular complexity index is 579. The average Bonchev–Trinajstić information content (AvgIpc) is 2.38. The molecule has 0 aromatic heterocycles. The van der Waals surface area contributed by atoms with Crippen LogP contribution in [0.2, 0.25) is 0 Å². The van der Waals surface area contributed by atoms with Crippen molar-refractivity contribution >= 4 is 27.4 Å². The molecule has 0 aliphatic carbocycles. The van der Waals surface area contributed by atoms with Crippen molar-refractivity contribution in [2.24, 2.45) is 0 Å². The third kappa shape index (κ3) is 2.38. The lowest BCUT2D eigenvalue weighted by Crippen LogP contribution is -2.07. The van der Waals surface area contributed by atoms with Crippen LogP contribution in [0.15, 0.2) is 46.9 Å². The average molecular weight is 306 g/mol. The van der Waals surface area contributed by atoms with Gasteiger partial charge in [-0.1, -0.05) is 22.0 Å². The van der Waals surface area contributed by atoms with Crippen molar-refractivity contribution in [2.75, 3.05) is 12.8 Å². The van der Waals surface area contributed by atoms with Crippen molar-refractivity contribution in [1.29, 1.82) is 0 Å². The summed E-state index contributed by atoms with van der Waals surface area (Å²) in [6.07, 6.45) is 0. The Morgan fingerprint density at radius 3 is 2.44 bits per heavy atom. The SMILES string of the molecule is COc1cccc(N)c1C(=O)c1ccc(Br)cc1. The third-order valence-electron chi connectivity index (χ3n) is 2.61. The second-order valence-electron chi connectivity index (χ2n) is 3.76. The van der Waals surface area contributed by atoms with E-state index in [0.717, 1.165) is 4.47 Å². The number of nitrogen functional groups attached to an aromatic ring is 1. The highest BCUT2D eigenvalue weighted by Crippen LogP contribution is 2.27. The van der Waals surface area contributed by atoms with Crippen molar-refractivity contribution < 1.29 is 9.53 Å². The number of hydrogen-bond acceptors (Lipinski definition) is 3. The smallest absolute Gasteiger partial charge is 0.198 e. The second kappa shape index (κ2) is 5.23. The number of carbonyl (C=O) groups is 1. The van der Waals surface area contributed by atoms with Crippen LogP contribution in [0.25, 0.3) is 0 Å². The second-order valence-corrected chi connectivity index (χ2v) is 4.68. The number of hydrogen-bond donors (Lipinski definition) is 1. The minimum Gasteiger partial charge on any atom is -0.496 e. The van der Waals surface area contributed by atoms with Crippen molar-refractivity contribution in [2.45, 2.75) is 0 Å².